The molecule has 15 aromatic carbocycles. The molecule has 0 aliphatic heterocycles. The third-order valence-electron chi connectivity index (χ3n) is 18.2. The van der Waals surface area contributed by atoms with Crippen LogP contribution >= 0.6 is 0 Å². The molecule has 0 saturated carbocycles. The van der Waals surface area contributed by atoms with Gasteiger partial charge in [-0.2, -0.15) is 0 Å². The molecule has 410 valence electrons. The molecule has 17 aromatic rings. The van der Waals surface area contributed by atoms with E-state index in [1.165, 1.54) is 166 Å². The van der Waals surface area contributed by atoms with E-state index in [-0.39, 0.29) is 0 Å². The molecule has 0 aliphatic rings. The van der Waals surface area contributed by atoms with Crippen molar-refractivity contribution in [3.05, 3.63) is 340 Å². The highest BCUT2D eigenvalue weighted by Crippen LogP contribution is 2.47. The summed E-state index contributed by atoms with van der Waals surface area (Å²) in [6, 6.07) is 125. The Morgan fingerprint density at radius 2 is 0.375 bits per heavy atom. The molecule has 0 aliphatic carbocycles. The highest BCUT2D eigenvalue weighted by Gasteiger charge is 2.21. The predicted molar refractivity (Wildman–Crippen MR) is 374 cm³/mol. The quantitative estimate of drug-likeness (QED) is 0.121. The second-order valence-electron chi connectivity index (χ2n) is 23.2. The van der Waals surface area contributed by atoms with Gasteiger partial charge in [0.15, 0.2) is 0 Å². The van der Waals surface area contributed by atoms with Crippen LogP contribution in [0.15, 0.2) is 340 Å². The largest absolute Gasteiger partial charge is 0.309 e. The summed E-state index contributed by atoms with van der Waals surface area (Å²) in [5, 5.41) is 9.90. The SMILES string of the molecule is c1ccc(-c2ccc3c(-c4ccc(-c5ccc(-c6ccc7c(c6)c6ccccc6n7-c6ccccc6)cc5)cc4)c4cc(-c5ccccc5)ccc4c(-c4ccc(-c5ccc(-c6ccc7c(c6)c6ccccc6n7-c6ccccc6)cc5)cc4)c3c2)cc1. The Bertz CT molecular complexity index is 5120. The van der Waals surface area contributed by atoms with Crippen molar-refractivity contribution >= 4 is 65.2 Å². The molecule has 0 amide bonds. The molecule has 0 unspecified atom stereocenters. The monoisotopic (exact) mass is 1120 g/mol. The lowest BCUT2D eigenvalue weighted by atomic mass is 9.83. The van der Waals surface area contributed by atoms with Gasteiger partial charge in [0.05, 0.1) is 22.1 Å². The van der Waals surface area contributed by atoms with E-state index in [4.69, 9.17) is 0 Å². The molecular formula is C86H56N2. The van der Waals surface area contributed by atoms with E-state index in [9.17, 15) is 0 Å². The van der Waals surface area contributed by atoms with Crippen LogP contribution in [0.5, 0.6) is 0 Å². The summed E-state index contributed by atoms with van der Waals surface area (Å²) in [7, 11) is 0. The molecule has 2 aromatic heterocycles. The number of fused-ring (bicyclic) bond motifs is 8. The molecule has 88 heavy (non-hydrogen) atoms. The van der Waals surface area contributed by atoms with Crippen molar-refractivity contribution in [2.45, 2.75) is 0 Å². The summed E-state index contributed by atoms with van der Waals surface area (Å²) in [6.45, 7) is 0. The van der Waals surface area contributed by atoms with E-state index in [0.717, 1.165) is 0 Å². The zero-order valence-electron chi connectivity index (χ0n) is 48.2. The van der Waals surface area contributed by atoms with Gasteiger partial charge in [0.2, 0.25) is 0 Å². The van der Waals surface area contributed by atoms with Gasteiger partial charge < -0.3 is 9.13 Å². The Morgan fingerprint density at radius 3 is 0.727 bits per heavy atom. The van der Waals surface area contributed by atoms with Gasteiger partial charge in [-0.3, -0.25) is 0 Å². The van der Waals surface area contributed by atoms with Crippen molar-refractivity contribution in [1.82, 2.24) is 9.13 Å². The first-order chi connectivity index (χ1) is 43.6. The Balaban J connectivity index is 0.737. The number of hydrogen-bond donors (Lipinski definition) is 0. The molecule has 0 spiro atoms. The smallest absolute Gasteiger partial charge is 0.0541 e. The highest BCUT2D eigenvalue weighted by molar-refractivity contribution is 6.23. The van der Waals surface area contributed by atoms with Crippen molar-refractivity contribution in [3.63, 3.8) is 0 Å². The maximum atomic E-state index is 2.42. The Kier molecular flexibility index (Phi) is 12.3. The molecule has 2 heteroatoms. The topological polar surface area (TPSA) is 9.86 Å². The normalized spacial score (nSPS) is 11.6. The molecule has 0 atom stereocenters. The van der Waals surface area contributed by atoms with E-state index in [2.05, 4.69) is 349 Å². The molecular weight excluding hydrogens is 1060 g/mol. The van der Waals surface area contributed by atoms with Crippen LogP contribution in [-0.2, 0) is 0 Å². The van der Waals surface area contributed by atoms with E-state index in [1.54, 1.807) is 0 Å². The number of hydrogen-bond acceptors (Lipinski definition) is 0. The lowest BCUT2D eigenvalue weighted by Gasteiger charge is -2.20. The van der Waals surface area contributed by atoms with Crippen molar-refractivity contribution < 1.29 is 0 Å². The third kappa shape index (κ3) is 8.73. The van der Waals surface area contributed by atoms with Crippen LogP contribution in [0, 0.1) is 0 Å². The molecule has 0 radical (unpaired) electrons. The highest BCUT2D eigenvalue weighted by atomic mass is 15.0. The molecule has 2 heterocycles. The minimum Gasteiger partial charge on any atom is -0.309 e. The fourth-order valence-corrected chi connectivity index (χ4v) is 13.9. The van der Waals surface area contributed by atoms with Gasteiger partial charge in [0.25, 0.3) is 0 Å². The predicted octanol–water partition coefficient (Wildman–Crippen LogP) is 23.5. The van der Waals surface area contributed by atoms with Gasteiger partial charge in [-0.1, -0.05) is 267 Å². The standard InChI is InChI=1S/C86H56N2/c1-5-17-57(18-6-1)67-45-49-75-79(55-67)85(65-41-37-61(38-42-65)59-29-33-63(34-30-59)69-47-51-83-77(53-69)73-25-13-15-27-81(73)87(83)71-21-9-3-10-22-71)76-50-46-68(58-19-7-2-8-20-58)56-80(76)86(75)66-43-39-62(40-44-66)60-31-35-64(36-32-60)70-48-52-84-78(54-70)74-26-14-16-28-82(74)88(84)72-23-11-4-12-24-72/h1-56H. The Hall–Kier alpha value is -11.6. The van der Waals surface area contributed by atoms with Crippen LogP contribution < -0.4 is 0 Å². The maximum Gasteiger partial charge on any atom is 0.0541 e. The van der Waals surface area contributed by atoms with E-state index in [0.29, 0.717) is 0 Å². The summed E-state index contributed by atoms with van der Waals surface area (Å²) >= 11 is 0. The number of para-hydroxylation sites is 4. The number of nitrogens with zero attached hydrogens (tertiary/aromatic N) is 2. The molecule has 0 saturated heterocycles. The van der Waals surface area contributed by atoms with Crippen LogP contribution in [0.2, 0.25) is 0 Å². The first-order valence-corrected chi connectivity index (χ1v) is 30.4. The average Bonchev–Trinajstić information content (AvgIpc) is 1.07. The second-order valence-corrected chi connectivity index (χ2v) is 23.2. The fraction of sp³-hybridized carbons (Fsp3) is 0. The van der Waals surface area contributed by atoms with Gasteiger partial charge in [-0.25, -0.2) is 0 Å². The summed E-state index contributed by atoms with van der Waals surface area (Å²) in [6.07, 6.45) is 0. The van der Waals surface area contributed by atoms with Gasteiger partial charge in [-0.15, -0.1) is 0 Å². The number of aromatic nitrogens is 2. The minimum atomic E-state index is 1.17. The summed E-state index contributed by atoms with van der Waals surface area (Å²) in [5.74, 6) is 0. The third-order valence-corrected chi connectivity index (χ3v) is 18.2. The number of rotatable bonds is 10. The van der Waals surface area contributed by atoms with Crippen LogP contribution in [-0.4, -0.2) is 9.13 Å². The van der Waals surface area contributed by atoms with E-state index in [1.807, 2.05) is 0 Å². The van der Waals surface area contributed by atoms with Gasteiger partial charge >= 0.3 is 0 Å². The molecule has 0 fully saturated rings. The van der Waals surface area contributed by atoms with Gasteiger partial charge in [-0.05, 0) is 183 Å². The molecule has 0 bridgehead atoms. The lowest BCUT2D eigenvalue weighted by molar-refractivity contribution is 1.18. The van der Waals surface area contributed by atoms with Crippen molar-refractivity contribution in [3.8, 4) is 100 Å². The van der Waals surface area contributed by atoms with E-state index >= 15 is 0 Å². The first-order valence-electron chi connectivity index (χ1n) is 30.4. The molecule has 0 N–H and O–H groups in total. The summed E-state index contributed by atoms with van der Waals surface area (Å²) in [5.41, 5.74) is 26.3. The lowest BCUT2D eigenvalue weighted by Crippen LogP contribution is -1.93. The van der Waals surface area contributed by atoms with E-state index < -0.39 is 0 Å². The zero-order valence-corrected chi connectivity index (χ0v) is 48.2. The second kappa shape index (κ2) is 21.2. The van der Waals surface area contributed by atoms with Crippen LogP contribution in [0.25, 0.3) is 166 Å². The molecule has 17 rings (SSSR count). The van der Waals surface area contributed by atoms with Crippen LogP contribution in [0.1, 0.15) is 0 Å². The van der Waals surface area contributed by atoms with Crippen molar-refractivity contribution in [2.24, 2.45) is 0 Å². The fourth-order valence-electron chi connectivity index (χ4n) is 13.9. The first kappa shape index (κ1) is 50.9. The Morgan fingerprint density at radius 1 is 0.136 bits per heavy atom. The number of benzene rings is 15. The van der Waals surface area contributed by atoms with Crippen LogP contribution in [0.3, 0.4) is 0 Å². The van der Waals surface area contributed by atoms with Crippen LogP contribution in [0.4, 0.5) is 0 Å². The van der Waals surface area contributed by atoms with Gasteiger partial charge in [0, 0.05) is 32.9 Å². The minimum absolute atomic E-state index is 1.17. The van der Waals surface area contributed by atoms with Gasteiger partial charge in [0.1, 0.15) is 0 Å². The summed E-state index contributed by atoms with van der Waals surface area (Å²) in [4.78, 5) is 0. The zero-order chi connectivity index (χ0) is 58.1. The average molecular weight is 1120 g/mol. The summed E-state index contributed by atoms with van der Waals surface area (Å²) < 4.78 is 4.75. The van der Waals surface area contributed by atoms with Crippen molar-refractivity contribution in [1.29, 1.82) is 0 Å². The molecule has 2 nitrogen and oxygen atoms in total. The maximum absolute atomic E-state index is 2.42. The Labute approximate surface area is 511 Å². The van der Waals surface area contributed by atoms with Crippen molar-refractivity contribution in [2.75, 3.05) is 0 Å².